The van der Waals surface area contributed by atoms with Gasteiger partial charge in [-0.25, -0.2) is 0 Å². The molecule has 7 heteroatoms. The van der Waals surface area contributed by atoms with Gasteiger partial charge in [-0.05, 0) is 65.1 Å². The van der Waals surface area contributed by atoms with Gasteiger partial charge in [-0.2, -0.15) is 9.97 Å². The molecular formula is C18H30N6S. The maximum Gasteiger partial charge on any atom is 0.232 e. The summed E-state index contributed by atoms with van der Waals surface area (Å²) in [6.45, 7) is 10.5. The molecule has 1 aromatic rings. The molecule has 6 nitrogen and oxygen atoms in total. The Hall–Kier alpha value is -1.63. The molecular weight excluding hydrogens is 332 g/mol. The fourth-order valence-electron chi connectivity index (χ4n) is 3.34. The number of rotatable bonds is 3. The number of aromatic nitrogens is 2. The monoisotopic (exact) mass is 362 g/mol. The van der Waals surface area contributed by atoms with Crippen molar-refractivity contribution < 1.29 is 0 Å². The zero-order chi connectivity index (χ0) is 17.9. The van der Waals surface area contributed by atoms with Gasteiger partial charge >= 0.3 is 0 Å². The predicted octanol–water partition coefficient (Wildman–Crippen LogP) is 3.15. The minimum absolute atomic E-state index is 0.0909. The number of hydrogen-bond donors (Lipinski definition) is 2. The van der Waals surface area contributed by atoms with Gasteiger partial charge in [0.25, 0.3) is 0 Å². The van der Waals surface area contributed by atoms with E-state index in [1.165, 1.54) is 32.1 Å². The number of piperidine rings is 1. The quantitative estimate of drug-likeness (QED) is 0.801. The molecule has 138 valence electrons. The summed E-state index contributed by atoms with van der Waals surface area (Å²) in [6, 6.07) is 2.14. The number of nitrogens with zero attached hydrogens (tertiary/aromatic N) is 4. The van der Waals surface area contributed by atoms with Gasteiger partial charge < -0.3 is 20.4 Å². The molecule has 1 aromatic heterocycles. The van der Waals surface area contributed by atoms with Crippen LogP contribution in [0.5, 0.6) is 0 Å². The Labute approximate surface area is 156 Å². The highest BCUT2D eigenvalue weighted by Crippen LogP contribution is 2.26. The van der Waals surface area contributed by atoms with Gasteiger partial charge in [0, 0.05) is 37.8 Å². The number of thiocarbonyl (C=S) groups is 1. The van der Waals surface area contributed by atoms with E-state index in [1.807, 2.05) is 0 Å². The predicted molar refractivity (Wildman–Crippen MR) is 109 cm³/mol. The van der Waals surface area contributed by atoms with Crippen molar-refractivity contribution >= 4 is 34.9 Å². The average molecular weight is 363 g/mol. The van der Waals surface area contributed by atoms with Crippen LogP contribution < -0.4 is 20.4 Å². The van der Waals surface area contributed by atoms with Crippen LogP contribution in [0.25, 0.3) is 0 Å². The van der Waals surface area contributed by atoms with Crippen molar-refractivity contribution in [1.29, 1.82) is 0 Å². The summed E-state index contributed by atoms with van der Waals surface area (Å²) in [7, 11) is 0. The van der Waals surface area contributed by atoms with E-state index < -0.39 is 0 Å². The highest BCUT2D eigenvalue weighted by atomic mass is 32.1. The van der Waals surface area contributed by atoms with E-state index in [2.05, 4.69) is 47.3 Å². The van der Waals surface area contributed by atoms with E-state index in [1.54, 1.807) is 0 Å². The lowest BCUT2D eigenvalue weighted by Gasteiger charge is -2.29. The van der Waals surface area contributed by atoms with E-state index in [0.29, 0.717) is 11.1 Å². The van der Waals surface area contributed by atoms with Gasteiger partial charge in [-0.15, -0.1) is 0 Å². The summed E-state index contributed by atoms with van der Waals surface area (Å²) in [5.41, 5.74) is -0.0909. The lowest BCUT2D eigenvalue weighted by Crippen LogP contribution is -2.43. The van der Waals surface area contributed by atoms with Crippen LogP contribution in [-0.2, 0) is 0 Å². The molecule has 2 saturated heterocycles. The SMILES string of the molecule is CC(C)(C)NC(=S)Nc1nc(N2CCCCC2)cc(N2CCCC2)n1. The Morgan fingerprint density at radius 3 is 1.88 bits per heavy atom. The molecule has 2 aliphatic heterocycles. The molecule has 0 amide bonds. The van der Waals surface area contributed by atoms with Crippen LogP contribution >= 0.6 is 12.2 Å². The summed E-state index contributed by atoms with van der Waals surface area (Å²) in [5, 5.41) is 7.02. The number of nitrogens with one attached hydrogen (secondary N) is 2. The van der Waals surface area contributed by atoms with Gasteiger partial charge in [0.15, 0.2) is 5.11 Å². The van der Waals surface area contributed by atoms with E-state index in [0.717, 1.165) is 37.8 Å². The second kappa shape index (κ2) is 7.72. The van der Waals surface area contributed by atoms with Crippen molar-refractivity contribution in [2.75, 3.05) is 41.3 Å². The summed E-state index contributed by atoms with van der Waals surface area (Å²) < 4.78 is 0. The van der Waals surface area contributed by atoms with Crippen molar-refractivity contribution in [3.8, 4) is 0 Å². The first-order valence-electron chi connectivity index (χ1n) is 9.39. The van der Waals surface area contributed by atoms with E-state index in [-0.39, 0.29) is 5.54 Å². The highest BCUT2D eigenvalue weighted by Gasteiger charge is 2.20. The average Bonchev–Trinajstić information content (AvgIpc) is 3.08. The number of anilines is 3. The third kappa shape index (κ3) is 5.17. The van der Waals surface area contributed by atoms with Gasteiger partial charge in [0.05, 0.1) is 0 Å². The maximum absolute atomic E-state index is 5.43. The van der Waals surface area contributed by atoms with Crippen LogP contribution in [0.15, 0.2) is 6.07 Å². The van der Waals surface area contributed by atoms with Gasteiger partial charge in [0.2, 0.25) is 5.95 Å². The first-order chi connectivity index (χ1) is 11.9. The van der Waals surface area contributed by atoms with Crippen molar-refractivity contribution in [2.24, 2.45) is 0 Å². The molecule has 0 aliphatic carbocycles. The van der Waals surface area contributed by atoms with Crippen LogP contribution in [0.2, 0.25) is 0 Å². The Morgan fingerprint density at radius 1 is 0.920 bits per heavy atom. The Bertz CT molecular complexity index is 600. The van der Waals surface area contributed by atoms with Gasteiger partial charge in [0.1, 0.15) is 11.6 Å². The fourth-order valence-corrected chi connectivity index (χ4v) is 3.74. The molecule has 0 saturated carbocycles. The molecule has 0 atom stereocenters. The van der Waals surface area contributed by atoms with E-state index in [4.69, 9.17) is 22.2 Å². The van der Waals surface area contributed by atoms with Crippen LogP contribution in [0, 0.1) is 0 Å². The minimum Gasteiger partial charge on any atom is -0.358 e. The third-order valence-corrected chi connectivity index (χ3v) is 4.73. The Morgan fingerprint density at radius 2 is 1.40 bits per heavy atom. The molecule has 3 heterocycles. The van der Waals surface area contributed by atoms with E-state index >= 15 is 0 Å². The fraction of sp³-hybridized carbons (Fsp3) is 0.722. The van der Waals surface area contributed by atoms with Crippen molar-refractivity contribution in [3.63, 3.8) is 0 Å². The van der Waals surface area contributed by atoms with E-state index in [9.17, 15) is 0 Å². The van der Waals surface area contributed by atoms with Gasteiger partial charge in [-0.1, -0.05) is 0 Å². The molecule has 0 unspecified atom stereocenters. The lowest BCUT2D eigenvalue weighted by atomic mass is 10.1. The highest BCUT2D eigenvalue weighted by molar-refractivity contribution is 7.80. The molecule has 0 radical (unpaired) electrons. The van der Waals surface area contributed by atoms with Gasteiger partial charge in [-0.3, -0.25) is 0 Å². The molecule has 3 rings (SSSR count). The molecule has 2 N–H and O–H groups in total. The normalized spacial score (nSPS) is 18.4. The second-order valence-corrected chi connectivity index (χ2v) is 8.39. The van der Waals surface area contributed by atoms with Crippen LogP contribution in [0.3, 0.4) is 0 Å². The van der Waals surface area contributed by atoms with Crippen molar-refractivity contribution in [1.82, 2.24) is 15.3 Å². The molecule has 2 aliphatic rings. The molecule has 0 aromatic carbocycles. The summed E-state index contributed by atoms with van der Waals surface area (Å²) >= 11 is 5.43. The zero-order valence-electron chi connectivity index (χ0n) is 15.6. The molecule has 25 heavy (non-hydrogen) atoms. The largest absolute Gasteiger partial charge is 0.358 e. The first kappa shape index (κ1) is 18.2. The second-order valence-electron chi connectivity index (χ2n) is 7.98. The van der Waals surface area contributed by atoms with Crippen molar-refractivity contribution in [2.45, 2.75) is 58.4 Å². The van der Waals surface area contributed by atoms with Crippen LogP contribution in [0.1, 0.15) is 52.9 Å². The van der Waals surface area contributed by atoms with Crippen molar-refractivity contribution in [3.05, 3.63) is 6.07 Å². The minimum atomic E-state index is -0.0909. The molecule has 2 fully saturated rings. The lowest BCUT2D eigenvalue weighted by molar-refractivity contribution is 0.514. The summed E-state index contributed by atoms with van der Waals surface area (Å²) in [4.78, 5) is 14.2. The smallest absolute Gasteiger partial charge is 0.232 e. The maximum atomic E-state index is 5.43. The summed E-state index contributed by atoms with van der Waals surface area (Å²) in [5.74, 6) is 2.61. The van der Waals surface area contributed by atoms with Crippen LogP contribution in [-0.4, -0.2) is 46.8 Å². The Balaban J connectivity index is 1.82. The number of hydrogen-bond acceptors (Lipinski definition) is 5. The summed E-state index contributed by atoms with van der Waals surface area (Å²) in [6.07, 6.45) is 6.24. The van der Waals surface area contributed by atoms with Crippen LogP contribution in [0.4, 0.5) is 17.6 Å². The first-order valence-corrected chi connectivity index (χ1v) is 9.80. The third-order valence-electron chi connectivity index (χ3n) is 4.52. The Kier molecular flexibility index (Phi) is 5.61. The standard InChI is InChI=1S/C18H30N6S/c1-18(2,3)22-17(25)21-16-19-14(23-9-5-4-6-10-23)13-15(20-16)24-11-7-8-12-24/h13H,4-12H2,1-3H3,(H2,19,20,21,22,25). The molecule has 0 spiro atoms. The zero-order valence-corrected chi connectivity index (χ0v) is 16.5. The topological polar surface area (TPSA) is 56.3 Å². The molecule has 0 bridgehead atoms.